The highest BCUT2D eigenvalue weighted by atomic mass is 32.2. The summed E-state index contributed by atoms with van der Waals surface area (Å²) in [6, 6.07) is 7.80. The third-order valence-corrected chi connectivity index (χ3v) is 6.90. The van der Waals surface area contributed by atoms with E-state index in [1.165, 1.54) is 0 Å². The zero-order valence-corrected chi connectivity index (χ0v) is 18.3. The van der Waals surface area contributed by atoms with Crippen LogP contribution in [0.5, 0.6) is 0 Å². The number of hydrogen-bond acceptors (Lipinski definition) is 5. The van der Waals surface area contributed by atoms with E-state index in [1.807, 2.05) is 43.6 Å². The van der Waals surface area contributed by atoms with Crippen LogP contribution in [-0.4, -0.2) is 23.0 Å². The van der Waals surface area contributed by atoms with E-state index in [0.717, 1.165) is 46.1 Å². The maximum atomic E-state index is 12.0. The van der Waals surface area contributed by atoms with Crippen molar-refractivity contribution in [2.75, 3.05) is 0 Å². The van der Waals surface area contributed by atoms with E-state index in [1.54, 1.807) is 0 Å². The maximum absolute atomic E-state index is 12.0. The molecule has 2 N–H and O–H groups in total. The van der Waals surface area contributed by atoms with Gasteiger partial charge in [-0.2, -0.15) is 0 Å². The summed E-state index contributed by atoms with van der Waals surface area (Å²) in [6.07, 6.45) is 5.43. The lowest BCUT2D eigenvalue weighted by molar-refractivity contribution is 0.511. The minimum Gasteiger partial charge on any atom is -0.330 e. The third-order valence-electron chi connectivity index (χ3n) is 4.33. The predicted octanol–water partition coefficient (Wildman–Crippen LogP) is 3.95. The summed E-state index contributed by atoms with van der Waals surface area (Å²) < 4.78 is 26.2. The average Bonchev–Trinajstić information content (AvgIpc) is 3.22. The molecule has 2 aromatic heterocycles. The average molecular weight is 419 g/mol. The van der Waals surface area contributed by atoms with Gasteiger partial charge in [0.1, 0.15) is 11.5 Å². The van der Waals surface area contributed by atoms with Crippen LogP contribution in [-0.2, 0) is 28.4 Å². The second-order valence-corrected chi connectivity index (χ2v) is 10.7. The van der Waals surface area contributed by atoms with Crippen molar-refractivity contribution in [3.05, 3.63) is 53.1 Å². The third kappa shape index (κ3) is 4.51. The van der Waals surface area contributed by atoms with Crippen LogP contribution in [0.4, 0.5) is 0 Å². The predicted molar refractivity (Wildman–Crippen MR) is 113 cm³/mol. The van der Waals surface area contributed by atoms with Crippen molar-refractivity contribution in [1.82, 2.24) is 14.5 Å². The van der Waals surface area contributed by atoms with Gasteiger partial charge in [0.15, 0.2) is 4.21 Å². The topological polar surface area (TPSA) is 90.9 Å². The largest absolute Gasteiger partial charge is 0.330 e. The molecule has 0 bridgehead atoms. The van der Waals surface area contributed by atoms with E-state index < -0.39 is 10.0 Å². The summed E-state index contributed by atoms with van der Waals surface area (Å²) in [5.41, 5.74) is 2.27. The molecular weight excluding hydrogens is 392 g/mol. The SMILES string of the molecule is CCCc1nc(-c2ccc(Cn3ccnc3C(C)(C)C)cc2)c(S(N)(=O)=O)s1. The van der Waals surface area contributed by atoms with Crippen LogP contribution in [0.25, 0.3) is 11.3 Å². The molecule has 0 radical (unpaired) electrons. The summed E-state index contributed by atoms with van der Waals surface area (Å²) in [7, 11) is -3.81. The van der Waals surface area contributed by atoms with Gasteiger partial charge in [0.05, 0.1) is 5.01 Å². The Labute approximate surface area is 170 Å². The quantitative estimate of drug-likeness (QED) is 0.656. The van der Waals surface area contributed by atoms with Crippen molar-refractivity contribution in [2.24, 2.45) is 5.14 Å². The lowest BCUT2D eigenvalue weighted by atomic mass is 9.95. The Kier molecular flexibility index (Phi) is 5.74. The minimum atomic E-state index is -3.81. The molecule has 0 fully saturated rings. The number of aromatic nitrogens is 3. The number of nitrogens with two attached hydrogens (primary N) is 1. The first kappa shape index (κ1) is 20.7. The fourth-order valence-electron chi connectivity index (χ4n) is 3.09. The number of sulfonamides is 1. The number of rotatable bonds is 6. The van der Waals surface area contributed by atoms with Gasteiger partial charge in [-0.05, 0) is 18.4 Å². The van der Waals surface area contributed by atoms with Gasteiger partial charge in [-0.3, -0.25) is 0 Å². The Morgan fingerprint density at radius 3 is 2.43 bits per heavy atom. The number of benzene rings is 1. The fourth-order valence-corrected chi connectivity index (χ4v) is 5.19. The van der Waals surface area contributed by atoms with Gasteiger partial charge < -0.3 is 4.57 Å². The molecule has 0 spiro atoms. The van der Waals surface area contributed by atoms with E-state index in [2.05, 4.69) is 35.3 Å². The number of hydrogen-bond donors (Lipinski definition) is 1. The highest BCUT2D eigenvalue weighted by Crippen LogP contribution is 2.32. The van der Waals surface area contributed by atoms with Gasteiger partial charge >= 0.3 is 0 Å². The molecule has 0 aliphatic rings. The van der Waals surface area contributed by atoms with Crippen LogP contribution in [0, 0.1) is 0 Å². The number of aryl methyl sites for hydroxylation is 1. The summed E-state index contributed by atoms with van der Waals surface area (Å²) in [6.45, 7) is 9.15. The molecule has 3 rings (SSSR count). The van der Waals surface area contributed by atoms with Crippen molar-refractivity contribution in [3.8, 4) is 11.3 Å². The first-order valence-corrected chi connectivity index (χ1v) is 11.6. The van der Waals surface area contributed by atoms with E-state index >= 15 is 0 Å². The maximum Gasteiger partial charge on any atom is 0.249 e. The monoisotopic (exact) mass is 418 g/mol. The van der Waals surface area contributed by atoms with E-state index in [-0.39, 0.29) is 9.62 Å². The lowest BCUT2D eigenvalue weighted by Crippen LogP contribution is -2.19. The normalized spacial score (nSPS) is 12.5. The van der Waals surface area contributed by atoms with Gasteiger partial charge in [-0.25, -0.2) is 23.5 Å². The first-order valence-electron chi connectivity index (χ1n) is 9.23. The zero-order valence-electron chi connectivity index (χ0n) is 16.6. The molecule has 2 heterocycles. The molecule has 0 unspecified atom stereocenters. The van der Waals surface area contributed by atoms with Crippen molar-refractivity contribution in [2.45, 2.75) is 56.7 Å². The molecule has 0 aliphatic carbocycles. The van der Waals surface area contributed by atoms with Gasteiger partial charge in [-0.15, -0.1) is 11.3 Å². The molecule has 3 aromatic rings. The van der Waals surface area contributed by atoms with Crippen LogP contribution in [0.3, 0.4) is 0 Å². The Hall–Kier alpha value is -2.03. The van der Waals surface area contributed by atoms with Crippen LogP contribution in [0.15, 0.2) is 40.9 Å². The van der Waals surface area contributed by atoms with Gasteiger partial charge in [0.2, 0.25) is 10.0 Å². The molecule has 28 heavy (non-hydrogen) atoms. The standard InChI is InChI=1S/C20H26N4O2S2/c1-5-6-16-23-17(18(27-16)28(21,25)26)15-9-7-14(8-10-15)13-24-12-11-22-19(24)20(2,3)4/h7-12H,5-6,13H2,1-4H3,(H2,21,25,26). The van der Waals surface area contributed by atoms with Gasteiger partial charge in [-0.1, -0.05) is 52.0 Å². The Morgan fingerprint density at radius 2 is 1.86 bits per heavy atom. The van der Waals surface area contributed by atoms with Crippen LogP contribution in [0.2, 0.25) is 0 Å². The fraction of sp³-hybridized carbons (Fsp3) is 0.400. The Balaban J connectivity index is 1.91. The van der Waals surface area contributed by atoms with Crippen molar-refractivity contribution >= 4 is 21.4 Å². The zero-order chi connectivity index (χ0) is 20.5. The molecule has 0 saturated carbocycles. The Bertz CT molecular complexity index is 1060. The molecular formula is C20H26N4O2S2. The van der Waals surface area contributed by atoms with Crippen LogP contribution >= 0.6 is 11.3 Å². The molecule has 0 atom stereocenters. The molecule has 0 aliphatic heterocycles. The van der Waals surface area contributed by atoms with Crippen LogP contribution in [0.1, 0.15) is 50.5 Å². The van der Waals surface area contributed by atoms with E-state index in [4.69, 9.17) is 5.14 Å². The molecule has 6 nitrogen and oxygen atoms in total. The molecule has 1 aromatic carbocycles. The number of thiazole rings is 1. The van der Waals surface area contributed by atoms with E-state index in [0.29, 0.717) is 12.2 Å². The van der Waals surface area contributed by atoms with Crippen molar-refractivity contribution < 1.29 is 8.42 Å². The summed E-state index contributed by atoms with van der Waals surface area (Å²) in [5.74, 6) is 1.02. The highest BCUT2D eigenvalue weighted by molar-refractivity contribution is 7.91. The number of imidazole rings is 1. The lowest BCUT2D eigenvalue weighted by Gasteiger charge is -2.19. The summed E-state index contributed by atoms with van der Waals surface area (Å²) in [5, 5.41) is 6.20. The smallest absolute Gasteiger partial charge is 0.249 e. The number of nitrogens with zero attached hydrogens (tertiary/aromatic N) is 3. The van der Waals surface area contributed by atoms with Crippen molar-refractivity contribution in [3.63, 3.8) is 0 Å². The molecule has 8 heteroatoms. The van der Waals surface area contributed by atoms with Gasteiger partial charge in [0, 0.05) is 29.9 Å². The molecule has 0 saturated heterocycles. The highest BCUT2D eigenvalue weighted by Gasteiger charge is 2.22. The second kappa shape index (κ2) is 7.77. The van der Waals surface area contributed by atoms with Gasteiger partial charge in [0.25, 0.3) is 0 Å². The van der Waals surface area contributed by atoms with Crippen molar-refractivity contribution in [1.29, 1.82) is 0 Å². The summed E-state index contributed by atoms with van der Waals surface area (Å²) >= 11 is 1.16. The number of primary sulfonamides is 1. The minimum absolute atomic E-state index is 0.0376. The van der Waals surface area contributed by atoms with Crippen LogP contribution < -0.4 is 5.14 Å². The summed E-state index contributed by atoms with van der Waals surface area (Å²) in [4.78, 5) is 9.01. The second-order valence-electron chi connectivity index (χ2n) is 7.86. The Morgan fingerprint density at radius 1 is 1.18 bits per heavy atom. The molecule has 0 amide bonds. The molecule has 150 valence electrons. The van der Waals surface area contributed by atoms with E-state index in [9.17, 15) is 8.42 Å². The first-order chi connectivity index (χ1) is 13.1.